The fraction of sp³-hybridized carbons (Fsp3) is 0.800. The molecule has 0 bridgehead atoms. The van der Waals surface area contributed by atoms with Gasteiger partial charge in [-0.05, 0) is 26.7 Å². The number of ether oxygens (including phenoxy) is 1. The summed E-state index contributed by atoms with van der Waals surface area (Å²) in [7, 11) is 3.77. The van der Waals surface area contributed by atoms with Crippen molar-refractivity contribution < 1.29 is 9.53 Å². The Morgan fingerprint density at radius 1 is 1.36 bits per heavy atom. The Bertz CT molecular complexity index is 200. The zero-order valence-electron chi connectivity index (χ0n) is 9.54. The van der Waals surface area contributed by atoms with Gasteiger partial charge in [0.1, 0.15) is 0 Å². The quantitative estimate of drug-likeness (QED) is 0.372. The van der Waals surface area contributed by atoms with E-state index in [2.05, 4.69) is 5.10 Å². The number of carbonyl (C=O) groups excluding carboxylic acids is 1. The van der Waals surface area contributed by atoms with Crippen molar-refractivity contribution in [3.05, 3.63) is 0 Å². The Balaban J connectivity index is 3.58. The monoisotopic (exact) mass is 200 g/mol. The van der Waals surface area contributed by atoms with Gasteiger partial charge in [-0.1, -0.05) is 0 Å². The highest BCUT2D eigenvalue weighted by Crippen LogP contribution is 2.00. The molecule has 0 spiro atoms. The highest BCUT2D eigenvalue weighted by atomic mass is 16.5. The summed E-state index contributed by atoms with van der Waals surface area (Å²) in [5.41, 5.74) is 1.04. The molecule has 14 heavy (non-hydrogen) atoms. The molecule has 0 aliphatic heterocycles. The third-order valence-electron chi connectivity index (χ3n) is 1.60. The van der Waals surface area contributed by atoms with Crippen LogP contribution in [0.1, 0.15) is 33.1 Å². The average molecular weight is 200 g/mol. The van der Waals surface area contributed by atoms with Crippen molar-refractivity contribution >= 4 is 11.7 Å². The zero-order chi connectivity index (χ0) is 11.0. The van der Waals surface area contributed by atoms with E-state index in [0.29, 0.717) is 13.0 Å². The Morgan fingerprint density at radius 2 is 2.00 bits per heavy atom. The maximum atomic E-state index is 11.0. The predicted octanol–water partition coefficient (Wildman–Crippen LogP) is 1.66. The van der Waals surface area contributed by atoms with Gasteiger partial charge in [-0.2, -0.15) is 5.10 Å². The number of hydrazone groups is 1. The molecular formula is C10H20N2O2. The van der Waals surface area contributed by atoms with Crippen LogP contribution < -0.4 is 0 Å². The Kier molecular flexibility index (Phi) is 6.80. The molecule has 0 aliphatic carbocycles. The molecule has 0 radical (unpaired) electrons. The lowest BCUT2D eigenvalue weighted by atomic mass is 10.2. The molecule has 0 aromatic heterocycles. The summed E-state index contributed by atoms with van der Waals surface area (Å²) in [4.78, 5) is 11.0. The van der Waals surface area contributed by atoms with Crippen molar-refractivity contribution in [2.75, 3.05) is 20.7 Å². The number of hydrogen-bond acceptors (Lipinski definition) is 4. The molecule has 82 valence electrons. The first-order chi connectivity index (χ1) is 6.56. The van der Waals surface area contributed by atoms with E-state index < -0.39 is 0 Å². The van der Waals surface area contributed by atoms with Gasteiger partial charge >= 0.3 is 5.97 Å². The van der Waals surface area contributed by atoms with Crippen LogP contribution in [-0.2, 0) is 9.53 Å². The second-order valence-corrected chi connectivity index (χ2v) is 3.34. The van der Waals surface area contributed by atoms with E-state index in [9.17, 15) is 4.79 Å². The molecule has 0 aromatic rings. The maximum Gasteiger partial charge on any atom is 0.305 e. The second-order valence-electron chi connectivity index (χ2n) is 3.34. The molecule has 0 saturated heterocycles. The van der Waals surface area contributed by atoms with Crippen LogP contribution in [0.15, 0.2) is 5.10 Å². The fourth-order valence-corrected chi connectivity index (χ4v) is 1.11. The number of esters is 1. The van der Waals surface area contributed by atoms with Crippen LogP contribution in [0.5, 0.6) is 0 Å². The van der Waals surface area contributed by atoms with Gasteiger partial charge in [0.25, 0.3) is 0 Å². The molecule has 0 aromatic carbocycles. The Morgan fingerprint density at radius 3 is 2.50 bits per heavy atom. The number of nitrogens with zero attached hydrogens (tertiary/aromatic N) is 2. The summed E-state index contributed by atoms with van der Waals surface area (Å²) in [5, 5.41) is 5.98. The minimum atomic E-state index is -0.120. The molecule has 0 heterocycles. The third-order valence-corrected chi connectivity index (χ3v) is 1.60. The molecule has 0 N–H and O–H groups in total. The lowest BCUT2D eigenvalue weighted by Gasteiger charge is -2.06. The van der Waals surface area contributed by atoms with Crippen LogP contribution in [0.3, 0.4) is 0 Å². The van der Waals surface area contributed by atoms with E-state index in [0.717, 1.165) is 18.6 Å². The molecule has 0 unspecified atom stereocenters. The lowest BCUT2D eigenvalue weighted by molar-refractivity contribution is -0.143. The molecule has 4 nitrogen and oxygen atoms in total. The third kappa shape index (κ3) is 7.58. The van der Waals surface area contributed by atoms with Gasteiger partial charge in [-0.15, -0.1) is 0 Å². The van der Waals surface area contributed by atoms with Gasteiger partial charge in [0.2, 0.25) is 0 Å². The Hall–Kier alpha value is -1.06. The average Bonchev–Trinajstić information content (AvgIpc) is 2.02. The van der Waals surface area contributed by atoms with Crippen LogP contribution in [0, 0.1) is 0 Å². The highest BCUT2D eigenvalue weighted by molar-refractivity contribution is 5.82. The van der Waals surface area contributed by atoms with E-state index in [1.807, 2.05) is 27.9 Å². The van der Waals surface area contributed by atoms with Crippen molar-refractivity contribution in [3.8, 4) is 0 Å². The maximum absolute atomic E-state index is 11.0. The number of rotatable bonds is 6. The smallest absolute Gasteiger partial charge is 0.305 e. The first kappa shape index (κ1) is 12.9. The molecule has 0 aliphatic rings. The van der Waals surface area contributed by atoms with Crippen molar-refractivity contribution in [2.45, 2.75) is 33.1 Å². The van der Waals surface area contributed by atoms with Crippen LogP contribution >= 0.6 is 0 Å². The molecular weight excluding hydrogens is 180 g/mol. The van der Waals surface area contributed by atoms with Crippen molar-refractivity contribution in [2.24, 2.45) is 5.10 Å². The standard InChI is InChI=1S/C10H20N2O2/c1-5-14-10(13)8-6-7-9(2)11-12(3)4/h5-8H2,1-4H3. The summed E-state index contributed by atoms with van der Waals surface area (Å²) in [6.07, 6.45) is 2.13. The molecule has 0 amide bonds. The van der Waals surface area contributed by atoms with Crippen LogP contribution in [0.4, 0.5) is 0 Å². The van der Waals surface area contributed by atoms with Crippen molar-refractivity contribution in [1.82, 2.24) is 5.01 Å². The summed E-state index contributed by atoms with van der Waals surface area (Å²) in [6.45, 7) is 4.24. The van der Waals surface area contributed by atoms with E-state index in [-0.39, 0.29) is 5.97 Å². The molecule has 0 fully saturated rings. The van der Waals surface area contributed by atoms with Crippen LogP contribution in [0.2, 0.25) is 0 Å². The topological polar surface area (TPSA) is 41.9 Å². The van der Waals surface area contributed by atoms with Gasteiger partial charge in [0.05, 0.1) is 6.61 Å². The largest absolute Gasteiger partial charge is 0.466 e. The lowest BCUT2D eigenvalue weighted by Crippen LogP contribution is -2.08. The minimum absolute atomic E-state index is 0.120. The van der Waals surface area contributed by atoms with Gasteiger partial charge in [0.15, 0.2) is 0 Å². The van der Waals surface area contributed by atoms with Crippen LogP contribution in [0.25, 0.3) is 0 Å². The second kappa shape index (κ2) is 7.35. The van der Waals surface area contributed by atoms with Crippen LogP contribution in [-0.4, -0.2) is 37.4 Å². The normalized spacial score (nSPS) is 11.3. The Labute approximate surface area is 85.9 Å². The van der Waals surface area contributed by atoms with E-state index in [1.54, 1.807) is 5.01 Å². The molecule has 0 saturated carbocycles. The van der Waals surface area contributed by atoms with Crippen molar-refractivity contribution in [1.29, 1.82) is 0 Å². The molecule has 0 rings (SSSR count). The zero-order valence-corrected chi connectivity index (χ0v) is 9.54. The van der Waals surface area contributed by atoms with Gasteiger partial charge in [0, 0.05) is 26.2 Å². The SMILES string of the molecule is CCOC(=O)CCCC(C)=NN(C)C. The number of carbonyl (C=O) groups is 1. The van der Waals surface area contributed by atoms with E-state index in [1.165, 1.54) is 0 Å². The van der Waals surface area contributed by atoms with Crippen molar-refractivity contribution in [3.63, 3.8) is 0 Å². The van der Waals surface area contributed by atoms with Gasteiger partial charge in [-0.25, -0.2) is 0 Å². The first-order valence-electron chi connectivity index (χ1n) is 4.93. The van der Waals surface area contributed by atoms with Gasteiger partial charge in [-0.3, -0.25) is 4.79 Å². The molecule has 4 heteroatoms. The minimum Gasteiger partial charge on any atom is -0.466 e. The summed E-state index contributed by atoms with van der Waals surface area (Å²) >= 11 is 0. The van der Waals surface area contributed by atoms with E-state index in [4.69, 9.17) is 4.74 Å². The number of hydrogen-bond donors (Lipinski definition) is 0. The summed E-state index contributed by atoms with van der Waals surface area (Å²) < 4.78 is 4.82. The fourth-order valence-electron chi connectivity index (χ4n) is 1.11. The predicted molar refractivity (Wildman–Crippen MR) is 57.3 cm³/mol. The highest BCUT2D eigenvalue weighted by Gasteiger charge is 2.01. The van der Waals surface area contributed by atoms with Gasteiger partial charge < -0.3 is 9.75 Å². The summed E-state index contributed by atoms with van der Waals surface area (Å²) in [6, 6.07) is 0. The summed E-state index contributed by atoms with van der Waals surface area (Å²) in [5.74, 6) is -0.120. The first-order valence-corrected chi connectivity index (χ1v) is 4.93. The molecule has 0 atom stereocenters. The van der Waals surface area contributed by atoms with E-state index >= 15 is 0 Å².